The first-order valence-corrected chi connectivity index (χ1v) is 12.3. The molecule has 0 fully saturated rings. The largest absolute Gasteiger partial charge is 0.393 e. The first kappa shape index (κ1) is 26.0. The van der Waals surface area contributed by atoms with Gasteiger partial charge in [-0.1, -0.05) is 18.2 Å². The summed E-state index contributed by atoms with van der Waals surface area (Å²) < 4.78 is 11.3. The van der Waals surface area contributed by atoms with Gasteiger partial charge in [0, 0.05) is 30.3 Å². The standard InChI is InChI=1S/C30H39NO3/c1-7-33-19-26-10-13-29(16-22(26)4)31(28-12-9-25(18-24(6)32)21(3)15-28)30-14-11-27(20-34-8-2)23(5)17-30/h9-17,24,32H,7-8,18-20H2,1-6H3. The average molecular weight is 462 g/mol. The van der Waals surface area contributed by atoms with Crippen LogP contribution in [0.2, 0.25) is 0 Å². The molecule has 1 unspecified atom stereocenters. The molecule has 3 aromatic carbocycles. The van der Waals surface area contributed by atoms with E-state index in [9.17, 15) is 5.11 Å². The van der Waals surface area contributed by atoms with Crippen molar-refractivity contribution in [3.63, 3.8) is 0 Å². The summed E-state index contributed by atoms with van der Waals surface area (Å²) >= 11 is 0. The smallest absolute Gasteiger partial charge is 0.0719 e. The van der Waals surface area contributed by atoms with Crippen molar-refractivity contribution in [2.24, 2.45) is 0 Å². The van der Waals surface area contributed by atoms with Crippen molar-refractivity contribution in [3.05, 3.63) is 88.0 Å². The predicted octanol–water partition coefficient (Wildman–Crippen LogP) is 7.08. The monoisotopic (exact) mass is 461 g/mol. The number of rotatable bonds is 11. The van der Waals surface area contributed by atoms with Gasteiger partial charge in [0.25, 0.3) is 0 Å². The number of aliphatic hydroxyl groups excluding tert-OH is 1. The van der Waals surface area contributed by atoms with Gasteiger partial charge in [-0.25, -0.2) is 0 Å². The van der Waals surface area contributed by atoms with Gasteiger partial charge < -0.3 is 19.5 Å². The van der Waals surface area contributed by atoms with Gasteiger partial charge in [-0.15, -0.1) is 0 Å². The van der Waals surface area contributed by atoms with Gasteiger partial charge in [0.1, 0.15) is 0 Å². The van der Waals surface area contributed by atoms with Crippen molar-refractivity contribution in [1.29, 1.82) is 0 Å². The van der Waals surface area contributed by atoms with Crippen LogP contribution < -0.4 is 4.90 Å². The molecule has 0 spiro atoms. The van der Waals surface area contributed by atoms with Crippen LogP contribution >= 0.6 is 0 Å². The molecule has 0 aliphatic rings. The lowest BCUT2D eigenvalue weighted by molar-refractivity contribution is 0.133. The van der Waals surface area contributed by atoms with Crippen LogP contribution in [0.1, 0.15) is 54.2 Å². The summed E-state index contributed by atoms with van der Waals surface area (Å²) in [7, 11) is 0. The number of anilines is 3. The van der Waals surface area contributed by atoms with E-state index in [2.05, 4.69) is 80.3 Å². The number of hydrogen-bond donors (Lipinski definition) is 1. The summed E-state index contributed by atoms with van der Waals surface area (Å²) in [5, 5.41) is 9.87. The number of aliphatic hydroxyl groups is 1. The Morgan fingerprint density at radius 2 is 1.06 bits per heavy atom. The summed E-state index contributed by atoms with van der Waals surface area (Å²) in [6.45, 7) is 14.9. The second-order valence-electron chi connectivity index (χ2n) is 9.00. The van der Waals surface area contributed by atoms with Crippen LogP contribution in [0.4, 0.5) is 17.1 Å². The number of nitrogens with zero attached hydrogens (tertiary/aromatic N) is 1. The summed E-state index contributed by atoms with van der Waals surface area (Å²) in [4.78, 5) is 2.30. The fourth-order valence-electron chi connectivity index (χ4n) is 4.20. The third-order valence-corrected chi connectivity index (χ3v) is 6.19. The lowest BCUT2D eigenvalue weighted by Gasteiger charge is -2.28. The fraction of sp³-hybridized carbons (Fsp3) is 0.400. The summed E-state index contributed by atoms with van der Waals surface area (Å²) in [6.07, 6.45) is 0.296. The molecule has 1 atom stereocenters. The Balaban J connectivity index is 2.07. The Bertz CT molecular complexity index is 1030. The van der Waals surface area contributed by atoms with Gasteiger partial charge in [0.05, 0.1) is 19.3 Å². The molecule has 3 rings (SSSR count). The molecule has 34 heavy (non-hydrogen) atoms. The molecule has 0 saturated carbocycles. The molecule has 0 aliphatic heterocycles. The minimum atomic E-state index is -0.360. The topological polar surface area (TPSA) is 41.9 Å². The van der Waals surface area contributed by atoms with Crippen LogP contribution in [0.5, 0.6) is 0 Å². The first-order valence-electron chi connectivity index (χ1n) is 12.3. The highest BCUT2D eigenvalue weighted by Crippen LogP contribution is 2.37. The summed E-state index contributed by atoms with van der Waals surface area (Å²) in [5.74, 6) is 0. The van der Waals surface area contributed by atoms with Crippen molar-refractivity contribution >= 4 is 17.1 Å². The maximum Gasteiger partial charge on any atom is 0.0719 e. The lowest BCUT2D eigenvalue weighted by atomic mass is 10.0. The van der Waals surface area contributed by atoms with Crippen molar-refractivity contribution < 1.29 is 14.6 Å². The summed E-state index contributed by atoms with van der Waals surface area (Å²) in [5.41, 5.74) is 10.5. The lowest BCUT2D eigenvalue weighted by Crippen LogP contribution is -2.12. The SMILES string of the molecule is CCOCc1ccc(N(c2ccc(COCC)c(C)c2)c2ccc(CC(C)O)c(C)c2)cc1C. The Kier molecular flexibility index (Phi) is 9.28. The van der Waals surface area contributed by atoms with Crippen LogP contribution in [-0.4, -0.2) is 24.4 Å². The molecule has 182 valence electrons. The van der Waals surface area contributed by atoms with Crippen LogP contribution in [0, 0.1) is 20.8 Å². The molecular weight excluding hydrogens is 422 g/mol. The number of hydrogen-bond acceptors (Lipinski definition) is 4. The highest BCUT2D eigenvalue weighted by Gasteiger charge is 2.16. The highest BCUT2D eigenvalue weighted by atomic mass is 16.5. The van der Waals surface area contributed by atoms with E-state index in [1.807, 2.05) is 20.8 Å². The number of ether oxygens (including phenoxy) is 2. The molecule has 0 amide bonds. The van der Waals surface area contributed by atoms with Gasteiger partial charge in [-0.2, -0.15) is 0 Å². The van der Waals surface area contributed by atoms with Gasteiger partial charge in [0.2, 0.25) is 0 Å². The van der Waals surface area contributed by atoms with Crippen molar-refractivity contribution in [2.75, 3.05) is 18.1 Å². The third-order valence-electron chi connectivity index (χ3n) is 6.19. The molecular formula is C30H39NO3. The molecule has 1 N–H and O–H groups in total. The second-order valence-corrected chi connectivity index (χ2v) is 9.00. The molecule has 4 heteroatoms. The van der Waals surface area contributed by atoms with Crippen molar-refractivity contribution in [3.8, 4) is 0 Å². The van der Waals surface area contributed by atoms with E-state index in [1.165, 1.54) is 33.4 Å². The molecule has 4 nitrogen and oxygen atoms in total. The zero-order valence-electron chi connectivity index (χ0n) is 21.5. The average Bonchev–Trinajstić information content (AvgIpc) is 2.79. The van der Waals surface area contributed by atoms with Crippen LogP contribution in [0.25, 0.3) is 0 Å². The Morgan fingerprint density at radius 3 is 1.38 bits per heavy atom. The minimum absolute atomic E-state index is 0.360. The van der Waals surface area contributed by atoms with Gasteiger partial charge in [0.15, 0.2) is 0 Å². The van der Waals surface area contributed by atoms with E-state index in [4.69, 9.17) is 9.47 Å². The van der Waals surface area contributed by atoms with Gasteiger partial charge >= 0.3 is 0 Å². The van der Waals surface area contributed by atoms with E-state index in [0.717, 1.165) is 17.1 Å². The van der Waals surface area contributed by atoms with E-state index in [1.54, 1.807) is 0 Å². The number of benzene rings is 3. The molecule has 0 radical (unpaired) electrons. The maximum atomic E-state index is 9.87. The van der Waals surface area contributed by atoms with Crippen LogP contribution in [-0.2, 0) is 29.1 Å². The summed E-state index contributed by atoms with van der Waals surface area (Å²) in [6, 6.07) is 19.6. The second kappa shape index (κ2) is 12.2. The normalized spacial score (nSPS) is 12.1. The van der Waals surface area contributed by atoms with E-state index in [-0.39, 0.29) is 6.10 Å². The van der Waals surface area contributed by atoms with E-state index < -0.39 is 0 Å². The van der Waals surface area contributed by atoms with E-state index >= 15 is 0 Å². The third kappa shape index (κ3) is 6.47. The van der Waals surface area contributed by atoms with E-state index in [0.29, 0.717) is 32.8 Å². The predicted molar refractivity (Wildman–Crippen MR) is 141 cm³/mol. The molecule has 0 bridgehead atoms. The maximum absolute atomic E-state index is 9.87. The molecule has 0 saturated heterocycles. The number of aryl methyl sites for hydroxylation is 3. The van der Waals surface area contributed by atoms with Gasteiger partial charge in [-0.05, 0) is 118 Å². The Morgan fingerprint density at radius 1 is 0.676 bits per heavy atom. The minimum Gasteiger partial charge on any atom is -0.393 e. The first-order chi connectivity index (χ1) is 16.3. The zero-order valence-corrected chi connectivity index (χ0v) is 21.5. The zero-order chi connectivity index (χ0) is 24.7. The van der Waals surface area contributed by atoms with Crippen LogP contribution in [0.15, 0.2) is 54.6 Å². The van der Waals surface area contributed by atoms with Gasteiger partial charge in [-0.3, -0.25) is 0 Å². The highest BCUT2D eigenvalue weighted by molar-refractivity contribution is 5.78. The molecule has 0 aliphatic carbocycles. The molecule has 0 heterocycles. The Hall–Kier alpha value is -2.66. The molecule has 3 aromatic rings. The Labute approximate surface area is 205 Å². The van der Waals surface area contributed by atoms with Crippen LogP contribution in [0.3, 0.4) is 0 Å². The quantitative estimate of drug-likeness (QED) is 0.331. The fourth-order valence-corrected chi connectivity index (χ4v) is 4.20. The van der Waals surface area contributed by atoms with Crippen molar-refractivity contribution in [2.45, 2.75) is 67.3 Å². The van der Waals surface area contributed by atoms with Crippen molar-refractivity contribution in [1.82, 2.24) is 0 Å². The molecule has 0 aromatic heterocycles.